The summed E-state index contributed by atoms with van der Waals surface area (Å²) in [5.74, 6) is 0.762. The van der Waals surface area contributed by atoms with Crippen LogP contribution < -0.4 is 28.7 Å². The van der Waals surface area contributed by atoms with Gasteiger partial charge in [-0.15, -0.1) is 6.61 Å². The molecule has 1 rings (SSSR count). The summed E-state index contributed by atoms with van der Waals surface area (Å²) < 4.78 is 5.04. The maximum atomic E-state index is 9.98. The molecule has 0 aromatic heterocycles. The number of ether oxygens (including phenoxy) is 1. The van der Waals surface area contributed by atoms with Crippen LogP contribution in [0.4, 0.5) is 0 Å². The topological polar surface area (TPSA) is 32.3 Å². The van der Waals surface area contributed by atoms with E-state index in [0.717, 1.165) is 5.75 Å². The molecule has 1 aromatic carbocycles. The normalized spacial score (nSPS) is 8.45. The van der Waals surface area contributed by atoms with Crippen molar-refractivity contribution in [2.24, 2.45) is 0 Å². The average molecular weight is 144 g/mol. The van der Waals surface area contributed by atoms with Gasteiger partial charge in [0.1, 0.15) is 5.75 Å². The fourth-order valence-electron chi connectivity index (χ4n) is 0.676. The van der Waals surface area contributed by atoms with E-state index in [1.165, 1.54) is 0 Å². The molecule has 0 saturated heterocycles. The standard InChI is InChI=1S/C8H9O2.Li/c9-6-7-10-8-4-2-1-3-5-8;/h1-5H,6-7H2;/q-1;+1. The van der Waals surface area contributed by atoms with Gasteiger partial charge in [0, 0.05) is 0 Å². The number of benzene rings is 1. The molecule has 0 fully saturated rings. The Morgan fingerprint density at radius 1 is 1.18 bits per heavy atom. The van der Waals surface area contributed by atoms with Crippen LogP contribution in [0.3, 0.4) is 0 Å². The second kappa shape index (κ2) is 6.30. The first-order valence-electron chi connectivity index (χ1n) is 3.19. The summed E-state index contributed by atoms with van der Waals surface area (Å²) in [5.41, 5.74) is 0. The molecule has 0 heterocycles. The van der Waals surface area contributed by atoms with E-state index in [9.17, 15) is 5.11 Å². The van der Waals surface area contributed by atoms with Crippen molar-refractivity contribution in [1.82, 2.24) is 0 Å². The minimum atomic E-state index is -0.186. The van der Waals surface area contributed by atoms with Crippen molar-refractivity contribution in [3.63, 3.8) is 0 Å². The van der Waals surface area contributed by atoms with Crippen LogP contribution in [0.15, 0.2) is 30.3 Å². The van der Waals surface area contributed by atoms with Crippen molar-refractivity contribution >= 4 is 0 Å². The van der Waals surface area contributed by atoms with Crippen LogP contribution in [-0.4, -0.2) is 13.2 Å². The number of hydrogen-bond donors (Lipinski definition) is 0. The van der Waals surface area contributed by atoms with Gasteiger partial charge in [-0.1, -0.05) is 18.2 Å². The zero-order valence-electron chi connectivity index (χ0n) is 6.62. The minimum absolute atomic E-state index is 0. The second-order valence-corrected chi connectivity index (χ2v) is 1.87. The monoisotopic (exact) mass is 144 g/mol. The van der Waals surface area contributed by atoms with Crippen LogP contribution in [0, 0.1) is 0 Å². The Balaban J connectivity index is 0.000001000. The molecule has 1 aromatic rings. The van der Waals surface area contributed by atoms with Crippen molar-refractivity contribution in [3.8, 4) is 5.75 Å². The van der Waals surface area contributed by atoms with E-state index >= 15 is 0 Å². The summed E-state index contributed by atoms with van der Waals surface area (Å²) in [6.07, 6.45) is 0. The molecule has 0 radical (unpaired) electrons. The summed E-state index contributed by atoms with van der Waals surface area (Å²) in [6.45, 7) is 0.0684. The van der Waals surface area contributed by atoms with Gasteiger partial charge in [0.05, 0.1) is 6.61 Å². The van der Waals surface area contributed by atoms with E-state index in [2.05, 4.69) is 0 Å². The molecular weight excluding hydrogens is 135 g/mol. The van der Waals surface area contributed by atoms with Crippen molar-refractivity contribution in [2.45, 2.75) is 0 Å². The molecule has 0 spiro atoms. The van der Waals surface area contributed by atoms with E-state index in [0.29, 0.717) is 0 Å². The van der Waals surface area contributed by atoms with E-state index in [1.54, 1.807) is 0 Å². The van der Waals surface area contributed by atoms with E-state index in [4.69, 9.17) is 4.74 Å². The molecule has 0 aliphatic carbocycles. The van der Waals surface area contributed by atoms with Crippen LogP contribution in [0.1, 0.15) is 0 Å². The summed E-state index contributed by atoms with van der Waals surface area (Å²) >= 11 is 0. The van der Waals surface area contributed by atoms with Crippen LogP contribution in [0.25, 0.3) is 0 Å². The Bertz CT molecular complexity index is 177. The van der Waals surface area contributed by atoms with Crippen LogP contribution >= 0.6 is 0 Å². The third-order valence-corrected chi connectivity index (χ3v) is 1.10. The van der Waals surface area contributed by atoms with E-state index in [1.807, 2.05) is 30.3 Å². The van der Waals surface area contributed by atoms with Gasteiger partial charge >= 0.3 is 18.9 Å². The first-order chi connectivity index (χ1) is 4.93. The summed E-state index contributed by atoms with van der Waals surface area (Å²) in [5, 5.41) is 9.98. The predicted octanol–water partition coefficient (Wildman–Crippen LogP) is -2.57. The second-order valence-electron chi connectivity index (χ2n) is 1.87. The molecule has 0 amide bonds. The van der Waals surface area contributed by atoms with Crippen molar-refractivity contribution in [2.75, 3.05) is 13.2 Å². The molecule has 11 heavy (non-hydrogen) atoms. The molecule has 0 saturated carbocycles. The molecule has 3 heteroatoms. The van der Waals surface area contributed by atoms with Crippen LogP contribution in [0.2, 0.25) is 0 Å². The van der Waals surface area contributed by atoms with E-state index < -0.39 is 0 Å². The van der Waals surface area contributed by atoms with Crippen LogP contribution in [0.5, 0.6) is 5.75 Å². The quantitative estimate of drug-likeness (QED) is 0.437. The molecule has 0 aliphatic rings. The van der Waals surface area contributed by atoms with Crippen molar-refractivity contribution < 1.29 is 28.7 Å². The number of para-hydroxylation sites is 1. The van der Waals surface area contributed by atoms with Gasteiger partial charge in [-0.3, -0.25) is 0 Å². The minimum Gasteiger partial charge on any atom is -0.852 e. The number of rotatable bonds is 3. The van der Waals surface area contributed by atoms with E-state index in [-0.39, 0.29) is 32.1 Å². The van der Waals surface area contributed by atoms with Gasteiger partial charge in [-0.25, -0.2) is 0 Å². The Hall–Kier alpha value is -0.423. The fraction of sp³-hybridized carbons (Fsp3) is 0.250. The molecule has 0 aliphatic heterocycles. The van der Waals surface area contributed by atoms with Gasteiger partial charge in [0.25, 0.3) is 0 Å². The molecule has 0 N–H and O–H groups in total. The summed E-state index contributed by atoms with van der Waals surface area (Å²) in [7, 11) is 0. The van der Waals surface area contributed by atoms with Gasteiger partial charge < -0.3 is 9.84 Å². The van der Waals surface area contributed by atoms with Gasteiger partial charge in [-0.2, -0.15) is 0 Å². The van der Waals surface area contributed by atoms with Crippen LogP contribution in [-0.2, 0) is 0 Å². The largest absolute Gasteiger partial charge is 1.00 e. The molecule has 0 unspecified atom stereocenters. The maximum Gasteiger partial charge on any atom is 1.00 e. The van der Waals surface area contributed by atoms with Crippen molar-refractivity contribution in [3.05, 3.63) is 30.3 Å². The number of hydrogen-bond acceptors (Lipinski definition) is 2. The third kappa shape index (κ3) is 4.10. The molecule has 0 atom stereocenters. The van der Waals surface area contributed by atoms with Gasteiger partial charge in [-0.05, 0) is 12.1 Å². The first kappa shape index (κ1) is 10.6. The molecule has 2 nitrogen and oxygen atoms in total. The Morgan fingerprint density at radius 3 is 2.36 bits per heavy atom. The summed E-state index contributed by atoms with van der Waals surface area (Å²) in [4.78, 5) is 0. The maximum absolute atomic E-state index is 9.98. The smallest absolute Gasteiger partial charge is 0.852 e. The SMILES string of the molecule is [Li+].[O-]CCOc1ccccc1. The molecular formula is C8H9LiO2. The Kier molecular flexibility index (Phi) is 6.06. The predicted molar refractivity (Wildman–Crippen MR) is 36.8 cm³/mol. The van der Waals surface area contributed by atoms with Gasteiger partial charge in [0.15, 0.2) is 0 Å². The van der Waals surface area contributed by atoms with Gasteiger partial charge in [0.2, 0.25) is 0 Å². The fourth-order valence-corrected chi connectivity index (χ4v) is 0.676. The zero-order chi connectivity index (χ0) is 7.23. The zero-order valence-corrected chi connectivity index (χ0v) is 6.62. The average Bonchev–Trinajstić information content (AvgIpc) is 2.03. The Labute approximate surface area is 78.4 Å². The first-order valence-corrected chi connectivity index (χ1v) is 3.19. The molecule has 0 bridgehead atoms. The van der Waals surface area contributed by atoms with Crippen molar-refractivity contribution in [1.29, 1.82) is 0 Å². The third-order valence-electron chi connectivity index (χ3n) is 1.10. The summed E-state index contributed by atoms with van der Waals surface area (Å²) in [6, 6.07) is 9.32. The Morgan fingerprint density at radius 2 is 1.82 bits per heavy atom. The molecule has 54 valence electrons.